The van der Waals surface area contributed by atoms with Crippen LogP contribution in [0.25, 0.3) is 76.9 Å². The van der Waals surface area contributed by atoms with Crippen molar-refractivity contribution in [3.05, 3.63) is 185 Å². The van der Waals surface area contributed by atoms with Crippen LogP contribution < -0.4 is 26.2 Å². The Balaban J connectivity index is 1.08. The van der Waals surface area contributed by atoms with Crippen molar-refractivity contribution in [1.82, 2.24) is 9.13 Å². The van der Waals surface area contributed by atoms with Crippen LogP contribution >= 0.6 is 0 Å². The summed E-state index contributed by atoms with van der Waals surface area (Å²) in [7, 11) is 0. The van der Waals surface area contributed by atoms with Crippen molar-refractivity contribution in [3.8, 4) is 17.4 Å². The minimum atomic E-state index is -0.192. The first-order valence-corrected chi connectivity index (χ1v) is 29.4. The van der Waals surface area contributed by atoms with E-state index in [9.17, 15) is 5.26 Å². The van der Waals surface area contributed by atoms with Crippen molar-refractivity contribution < 1.29 is 4.42 Å². The number of hydrogen-bond acceptors (Lipinski definition) is 4. The third-order valence-corrected chi connectivity index (χ3v) is 18.6. The van der Waals surface area contributed by atoms with Gasteiger partial charge in [-0.2, -0.15) is 5.26 Å². The number of benzene rings is 9. The number of fused-ring (bicyclic) bond motifs is 15. The Kier molecular flexibility index (Phi) is 10.1. The summed E-state index contributed by atoms with van der Waals surface area (Å²) in [5, 5.41) is 18.6. The molecule has 0 radical (unpaired) electrons. The van der Waals surface area contributed by atoms with E-state index < -0.39 is 0 Å². The van der Waals surface area contributed by atoms with Crippen LogP contribution in [-0.4, -0.2) is 15.8 Å². The molecule has 0 saturated carbocycles. The molecule has 0 saturated heterocycles. The number of nitrogens with zero attached hydrogens (tertiary/aromatic N) is 5. The van der Waals surface area contributed by atoms with Crippen molar-refractivity contribution in [2.45, 2.75) is 131 Å². The lowest BCUT2D eigenvalue weighted by atomic mass is 9.33. The molecule has 404 valence electrons. The summed E-state index contributed by atoms with van der Waals surface area (Å²) in [5.41, 5.74) is 25.4. The van der Waals surface area contributed by atoms with Gasteiger partial charge in [0, 0.05) is 60.8 Å². The molecular weight excluding hydrogens is 998 g/mol. The summed E-state index contributed by atoms with van der Waals surface area (Å²) >= 11 is 0. The third kappa shape index (κ3) is 7.12. The first-order valence-electron chi connectivity index (χ1n) is 29.4. The molecule has 0 N–H and O–H groups in total. The fourth-order valence-electron chi connectivity index (χ4n) is 14.0. The number of nitriles is 1. The molecule has 3 aliphatic rings. The lowest BCUT2D eigenvalue weighted by Crippen LogP contribution is -2.62. The molecule has 6 heterocycles. The highest BCUT2D eigenvalue weighted by Crippen LogP contribution is 2.55. The molecule has 6 nitrogen and oxygen atoms in total. The van der Waals surface area contributed by atoms with Crippen molar-refractivity contribution in [1.29, 1.82) is 5.26 Å². The van der Waals surface area contributed by atoms with Crippen molar-refractivity contribution in [2.75, 3.05) is 9.80 Å². The second kappa shape index (κ2) is 16.4. The first kappa shape index (κ1) is 50.5. The van der Waals surface area contributed by atoms with Crippen molar-refractivity contribution in [3.63, 3.8) is 0 Å². The number of rotatable bonds is 2. The summed E-state index contributed by atoms with van der Waals surface area (Å²) in [6.07, 6.45) is 0. The fraction of sp³-hybridized carbons (Fsp3) is 0.267. The Morgan fingerprint density at radius 3 is 1.49 bits per heavy atom. The number of hydrogen-bond donors (Lipinski definition) is 0. The van der Waals surface area contributed by atoms with Gasteiger partial charge < -0.3 is 23.4 Å². The smallest absolute Gasteiger partial charge is 0.252 e. The minimum Gasteiger partial charge on any atom is -0.456 e. The summed E-state index contributed by atoms with van der Waals surface area (Å²) in [4.78, 5) is 5.03. The molecule has 0 aliphatic carbocycles. The molecule has 15 rings (SSSR count). The Morgan fingerprint density at radius 2 is 0.890 bits per heavy atom. The van der Waals surface area contributed by atoms with E-state index in [4.69, 9.17) is 4.42 Å². The van der Waals surface area contributed by atoms with Gasteiger partial charge in [0.1, 0.15) is 11.2 Å². The summed E-state index contributed by atoms with van der Waals surface area (Å²) in [6, 6.07) is 60.6. The molecule has 0 unspecified atom stereocenters. The summed E-state index contributed by atoms with van der Waals surface area (Å²) < 4.78 is 11.6. The van der Waals surface area contributed by atoms with Gasteiger partial charge in [-0.05, 0) is 174 Å². The van der Waals surface area contributed by atoms with Crippen LogP contribution in [0.5, 0.6) is 0 Å². The highest BCUT2D eigenvalue weighted by atomic mass is 16.3. The van der Waals surface area contributed by atoms with E-state index >= 15 is 0 Å². The maximum absolute atomic E-state index is 11.4. The van der Waals surface area contributed by atoms with Crippen LogP contribution in [0.15, 0.2) is 156 Å². The van der Waals surface area contributed by atoms with Gasteiger partial charge in [-0.1, -0.05) is 152 Å². The van der Waals surface area contributed by atoms with E-state index in [-0.39, 0.29) is 33.8 Å². The molecular formula is C75H70BN5O. The molecule has 7 heteroatoms. The molecule has 0 atom stereocenters. The Labute approximate surface area is 482 Å². The zero-order valence-corrected chi connectivity index (χ0v) is 50.2. The van der Waals surface area contributed by atoms with E-state index in [1.807, 2.05) is 6.07 Å². The summed E-state index contributed by atoms with van der Waals surface area (Å²) in [5.74, 6) is 0. The highest BCUT2D eigenvalue weighted by molar-refractivity contribution is 7.00. The second-order valence-electron chi connectivity index (χ2n) is 29.1. The van der Waals surface area contributed by atoms with E-state index in [0.717, 1.165) is 56.1 Å². The predicted molar refractivity (Wildman–Crippen MR) is 348 cm³/mol. The number of para-hydroxylation sites is 1. The van der Waals surface area contributed by atoms with Gasteiger partial charge in [0.05, 0.1) is 50.8 Å². The molecule has 0 fully saturated rings. The largest absolute Gasteiger partial charge is 0.456 e. The number of anilines is 6. The van der Waals surface area contributed by atoms with E-state index in [1.54, 1.807) is 0 Å². The first-order chi connectivity index (χ1) is 38.8. The Morgan fingerprint density at radius 1 is 0.378 bits per heavy atom. The average Bonchev–Trinajstić information content (AvgIpc) is 1.28. The van der Waals surface area contributed by atoms with Gasteiger partial charge in [-0.25, -0.2) is 0 Å². The Hall–Kier alpha value is -8.47. The summed E-state index contributed by atoms with van der Waals surface area (Å²) in [6.45, 7) is 34.6. The highest BCUT2D eigenvalue weighted by Gasteiger charge is 2.48. The number of aromatic nitrogens is 2. The fourth-order valence-corrected chi connectivity index (χ4v) is 14.0. The van der Waals surface area contributed by atoms with Gasteiger partial charge >= 0.3 is 0 Å². The lowest BCUT2D eigenvalue weighted by Gasteiger charge is -2.47. The molecule has 0 amide bonds. The monoisotopic (exact) mass is 1070 g/mol. The van der Waals surface area contributed by atoms with E-state index in [2.05, 4.69) is 274 Å². The van der Waals surface area contributed by atoms with Crippen LogP contribution in [0.4, 0.5) is 34.1 Å². The molecule has 9 aromatic carbocycles. The third-order valence-electron chi connectivity index (χ3n) is 18.6. The van der Waals surface area contributed by atoms with Crippen LogP contribution in [0.1, 0.15) is 137 Å². The maximum Gasteiger partial charge on any atom is 0.252 e. The zero-order chi connectivity index (χ0) is 57.2. The average molecular weight is 1070 g/mol. The van der Waals surface area contributed by atoms with Crippen LogP contribution in [0.2, 0.25) is 0 Å². The van der Waals surface area contributed by atoms with E-state index in [1.165, 1.54) is 99.2 Å². The minimum absolute atomic E-state index is 0.0290. The molecule has 3 aliphatic heterocycles. The number of furan rings is 1. The van der Waals surface area contributed by atoms with Gasteiger partial charge in [0.2, 0.25) is 0 Å². The molecule has 12 aromatic rings. The van der Waals surface area contributed by atoms with Crippen molar-refractivity contribution >= 4 is 123 Å². The topological polar surface area (TPSA) is 53.3 Å². The molecule has 0 bridgehead atoms. The van der Waals surface area contributed by atoms with Gasteiger partial charge in [0.25, 0.3) is 6.71 Å². The van der Waals surface area contributed by atoms with Crippen LogP contribution in [0, 0.1) is 11.3 Å². The van der Waals surface area contributed by atoms with Crippen molar-refractivity contribution in [2.24, 2.45) is 0 Å². The quantitative estimate of drug-likeness (QED) is 0.162. The SMILES string of the molecule is CC(C)(C)c1cc2c3c(c1)-n1c4ccc(C(C)(C)C)cc4c4cc(C(C)(C)C)cc(c41)N3c1cc(C#N)cc3c1B2c1ccc(-n2c4ccc(C(C)(C)C)cc4c4cc(C(C)(C)C)ccc42)cc1N3c1ccc2oc3ccccc3c2c1. The van der Waals surface area contributed by atoms with Gasteiger partial charge in [-0.3, -0.25) is 0 Å². The molecule has 3 aromatic heterocycles. The van der Waals surface area contributed by atoms with Crippen LogP contribution in [0.3, 0.4) is 0 Å². The predicted octanol–water partition coefficient (Wildman–Crippen LogP) is 18.5. The maximum atomic E-state index is 11.4. The standard InChI is InChI=1S/C75H70BN5O/c1-71(2,3)43-20-26-58-51(32-43)52-33-44(72(4,5)6)21-27-59(52)78(58)49-23-25-56-61(40-49)79(48-24-29-67-54(39-48)50-18-16-17-19-66(50)82-67)62-30-42(41-77)31-63-68(62)76(56)57-36-47(75(13,14)15)38-65-70(57)81(63)64-37-46(74(10,11)12)35-55-53-34-45(73(7,8)9)22-28-60(53)80(65)69(55)64/h16-40H,1-15H3. The Bertz CT molecular complexity index is 4790. The van der Waals surface area contributed by atoms with E-state index in [0.29, 0.717) is 5.56 Å². The van der Waals surface area contributed by atoms with Gasteiger partial charge in [-0.15, -0.1) is 0 Å². The van der Waals surface area contributed by atoms with Crippen LogP contribution in [-0.2, 0) is 27.1 Å². The normalized spacial score (nSPS) is 14.2. The molecule has 0 spiro atoms. The van der Waals surface area contributed by atoms with Gasteiger partial charge in [0.15, 0.2) is 0 Å². The molecule has 82 heavy (non-hydrogen) atoms. The zero-order valence-electron chi connectivity index (χ0n) is 50.2. The lowest BCUT2D eigenvalue weighted by molar-refractivity contribution is 0.590. The second-order valence-corrected chi connectivity index (χ2v) is 29.1.